The number of imidazole rings is 1. The second kappa shape index (κ2) is 9.27. The number of hydrogen-bond acceptors (Lipinski definition) is 5. The first kappa shape index (κ1) is 23.4. The molecule has 33 heavy (non-hydrogen) atoms. The van der Waals surface area contributed by atoms with E-state index in [0.717, 1.165) is 31.6 Å². The average molecular weight is 474 g/mol. The minimum atomic E-state index is -1.17. The number of benzene rings is 1. The Morgan fingerprint density at radius 2 is 1.85 bits per heavy atom. The number of rotatable bonds is 6. The van der Waals surface area contributed by atoms with Crippen molar-refractivity contribution in [3.05, 3.63) is 58.0 Å². The van der Waals surface area contributed by atoms with E-state index in [4.69, 9.17) is 11.6 Å². The maximum Gasteiger partial charge on any atom is 0.334 e. The minimum absolute atomic E-state index is 0.0116. The Balaban J connectivity index is 1.78. The number of anilines is 1. The molecule has 2 heterocycles. The number of hydrogen-bond donors (Lipinski definition) is 2. The third-order valence-corrected chi connectivity index (χ3v) is 6.34. The predicted molar refractivity (Wildman–Crippen MR) is 127 cm³/mol. The van der Waals surface area contributed by atoms with Crippen LogP contribution in [0.1, 0.15) is 46.5 Å². The molecule has 2 aromatic heterocycles. The lowest BCUT2D eigenvalue weighted by molar-refractivity contribution is 0.0605. The molecule has 176 valence electrons. The predicted octanol–water partition coefficient (Wildman–Crippen LogP) is 4.65. The molecular formula is C24H29ClFN5O2. The summed E-state index contributed by atoms with van der Waals surface area (Å²) in [6.45, 7) is 5.45. The van der Waals surface area contributed by atoms with E-state index < -0.39 is 17.1 Å². The number of nitrogens with zero attached hydrogens (tertiary/aromatic N) is 4. The molecule has 0 spiro atoms. The fourth-order valence-corrected chi connectivity index (χ4v) is 4.55. The van der Waals surface area contributed by atoms with E-state index in [9.17, 15) is 14.3 Å². The van der Waals surface area contributed by atoms with Gasteiger partial charge in [-0.25, -0.2) is 19.2 Å². The molecule has 0 radical (unpaired) electrons. The minimum Gasteiger partial charge on any atom is -0.389 e. The van der Waals surface area contributed by atoms with E-state index in [2.05, 4.69) is 22.2 Å². The van der Waals surface area contributed by atoms with Gasteiger partial charge >= 0.3 is 5.69 Å². The van der Waals surface area contributed by atoms with Crippen molar-refractivity contribution in [1.82, 2.24) is 19.1 Å². The zero-order valence-corrected chi connectivity index (χ0v) is 19.8. The summed E-state index contributed by atoms with van der Waals surface area (Å²) in [5.74, 6) is 0.789. The lowest BCUT2D eigenvalue weighted by Crippen LogP contribution is -2.33. The van der Waals surface area contributed by atoms with E-state index in [0.29, 0.717) is 29.1 Å². The van der Waals surface area contributed by atoms with Crippen molar-refractivity contribution in [3.63, 3.8) is 0 Å². The molecule has 7 nitrogen and oxygen atoms in total. The molecule has 1 saturated carbocycles. The maximum atomic E-state index is 13.6. The van der Waals surface area contributed by atoms with Gasteiger partial charge in [0.15, 0.2) is 0 Å². The molecule has 9 heteroatoms. The second-order valence-electron chi connectivity index (χ2n) is 9.50. The van der Waals surface area contributed by atoms with Crippen LogP contribution in [0.3, 0.4) is 0 Å². The first-order valence-electron chi connectivity index (χ1n) is 11.2. The summed E-state index contributed by atoms with van der Waals surface area (Å²) in [5, 5.41) is 13.9. The highest BCUT2D eigenvalue weighted by molar-refractivity contribution is 6.32. The summed E-state index contributed by atoms with van der Waals surface area (Å²) in [4.78, 5) is 22.4. The average Bonchev–Trinajstić information content (AvgIpc) is 3.00. The molecule has 1 aliphatic carbocycles. The van der Waals surface area contributed by atoms with Crippen LogP contribution in [0.2, 0.25) is 5.15 Å². The van der Waals surface area contributed by atoms with E-state index in [1.807, 2.05) is 0 Å². The molecule has 1 aliphatic rings. The van der Waals surface area contributed by atoms with Gasteiger partial charge in [0.05, 0.1) is 23.5 Å². The van der Waals surface area contributed by atoms with Gasteiger partial charge in [-0.2, -0.15) is 0 Å². The van der Waals surface area contributed by atoms with Gasteiger partial charge in [-0.1, -0.05) is 18.5 Å². The molecule has 0 bridgehead atoms. The summed E-state index contributed by atoms with van der Waals surface area (Å²) in [5.41, 5.74) is -0.353. The first-order valence-corrected chi connectivity index (χ1v) is 11.6. The largest absolute Gasteiger partial charge is 0.389 e. The molecule has 3 aromatic rings. The van der Waals surface area contributed by atoms with E-state index in [1.54, 1.807) is 26.1 Å². The van der Waals surface area contributed by atoms with E-state index >= 15 is 0 Å². The quantitative estimate of drug-likeness (QED) is 0.544. The molecule has 4 rings (SSSR count). The molecule has 0 atom stereocenters. The topological polar surface area (TPSA) is 85.0 Å². The second-order valence-corrected chi connectivity index (χ2v) is 9.86. The van der Waals surface area contributed by atoms with Gasteiger partial charge in [-0.15, -0.1) is 0 Å². The summed E-state index contributed by atoms with van der Waals surface area (Å²) in [7, 11) is 0. The molecule has 0 amide bonds. The standard InChI is InChI=1S/C24H29ClFN5O2/c1-15-4-8-17(9-5-15)28-22-27-13-12-19(29-22)20-21(25)30(14-24(2,3)33)23(32)31(20)18-10-6-16(26)7-11-18/h6-7,10-13,15,17,33H,4-5,8-9,14H2,1-3H3,(H,27,28,29). The van der Waals surface area contributed by atoms with Crippen molar-refractivity contribution in [1.29, 1.82) is 0 Å². The highest BCUT2D eigenvalue weighted by Crippen LogP contribution is 2.31. The lowest BCUT2D eigenvalue weighted by atomic mass is 9.87. The zero-order valence-electron chi connectivity index (χ0n) is 19.1. The number of aliphatic hydroxyl groups is 1. The van der Waals surface area contributed by atoms with Gasteiger partial charge in [0.25, 0.3) is 0 Å². The molecular weight excluding hydrogens is 445 g/mol. The Labute approximate surface area is 197 Å². The molecule has 2 N–H and O–H groups in total. The van der Waals surface area contributed by atoms with Crippen molar-refractivity contribution in [2.45, 2.75) is 64.6 Å². The summed E-state index contributed by atoms with van der Waals surface area (Å²) < 4.78 is 16.2. The van der Waals surface area contributed by atoms with Crippen LogP contribution < -0.4 is 11.0 Å². The molecule has 1 aromatic carbocycles. The smallest absolute Gasteiger partial charge is 0.334 e. The van der Waals surface area contributed by atoms with Crippen LogP contribution >= 0.6 is 11.6 Å². The summed E-state index contributed by atoms with van der Waals surface area (Å²) in [6, 6.07) is 7.56. The lowest BCUT2D eigenvalue weighted by Gasteiger charge is -2.26. The molecule has 1 fully saturated rings. The number of aromatic nitrogens is 4. The Kier molecular flexibility index (Phi) is 6.59. The van der Waals surface area contributed by atoms with Gasteiger partial charge < -0.3 is 10.4 Å². The Bertz CT molecular complexity index is 1180. The fraction of sp³-hybridized carbons (Fsp3) is 0.458. The Hall–Kier alpha value is -2.71. The van der Waals surface area contributed by atoms with Crippen LogP contribution in [0.15, 0.2) is 41.3 Å². The molecule has 0 saturated heterocycles. The van der Waals surface area contributed by atoms with Crippen LogP contribution in [0.4, 0.5) is 10.3 Å². The monoisotopic (exact) mass is 473 g/mol. The van der Waals surface area contributed by atoms with Gasteiger partial charge in [-0.05, 0) is 75.8 Å². The molecule has 0 aliphatic heterocycles. The number of halogens is 2. The Morgan fingerprint density at radius 3 is 2.48 bits per heavy atom. The summed E-state index contributed by atoms with van der Waals surface area (Å²) >= 11 is 6.69. The van der Waals surface area contributed by atoms with Gasteiger partial charge in [-0.3, -0.25) is 9.13 Å². The SMILES string of the molecule is CC1CCC(Nc2nccc(-c3c(Cl)n(CC(C)(C)O)c(=O)n3-c3ccc(F)cc3)n2)CC1. The molecule has 0 unspecified atom stereocenters. The summed E-state index contributed by atoms with van der Waals surface area (Å²) in [6.07, 6.45) is 6.05. The van der Waals surface area contributed by atoms with Crippen molar-refractivity contribution in [2.75, 3.05) is 5.32 Å². The highest BCUT2D eigenvalue weighted by atomic mass is 35.5. The Morgan fingerprint density at radius 1 is 1.18 bits per heavy atom. The van der Waals surface area contributed by atoms with Crippen molar-refractivity contribution in [3.8, 4) is 17.1 Å². The van der Waals surface area contributed by atoms with Crippen LogP contribution in [0.5, 0.6) is 0 Å². The normalized spacial score (nSPS) is 19.0. The van der Waals surface area contributed by atoms with Gasteiger partial charge in [0.1, 0.15) is 16.7 Å². The van der Waals surface area contributed by atoms with Crippen LogP contribution in [-0.4, -0.2) is 35.9 Å². The highest BCUT2D eigenvalue weighted by Gasteiger charge is 2.26. The van der Waals surface area contributed by atoms with Crippen molar-refractivity contribution in [2.24, 2.45) is 5.92 Å². The van der Waals surface area contributed by atoms with Gasteiger partial charge in [0, 0.05) is 12.2 Å². The fourth-order valence-electron chi connectivity index (χ4n) is 4.24. The first-order chi connectivity index (χ1) is 15.6. The van der Waals surface area contributed by atoms with Crippen molar-refractivity contribution < 1.29 is 9.50 Å². The van der Waals surface area contributed by atoms with Crippen LogP contribution in [0, 0.1) is 11.7 Å². The van der Waals surface area contributed by atoms with E-state index in [1.165, 1.54) is 33.4 Å². The van der Waals surface area contributed by atoms with Crippen LogP contribution in [0.25, 0.3) is 17.1 Å². The van der Waals surface area contributed by atoms with E-state index in [-0.39, 0.29) is 11.7 Å². The van der Waals surface area contributed by atoms with Crippen molar-refractivity contribution >= 4 is 17.5 Å². The zero-order chi connectivity index (χ0) is 23.8. The maximum absolute atomic E-state index is 13.6. The third-order valence-electron chi connectivity index (χ3n) is 5.96. The third kappa shape index (κ3) is 5.28. The van der Waals surface area contributed by atoms with Crippen LogP contribution in [-0.2, 0) is 6.54 Å². The number of nitrogens with one attached hydrogen (secondary N) is 1. The van der Waals surface area contributed by atoms with Gasteiger partial charge in [0.2, 0.25) is 5.95 Å².